The molecule has 1 aromatic carbocycles. The molecule has 0 saturated carbocycles. The molecular weight excluding hydrogens is 270 g/mol. The van der Waals surface area contributed by atoms with Crippen LogP contribution in [0.25, 0.3) is 0 Å². The number of esters is 1. The second-order valence-electron chi connectivity index (χ2n) is 3.63. The number of benzene rings is 1. The minimum atomic E-state index is -0.851. The number of carbonyl (C=O) groups excluding carboxylic acids is 1. The zero-order chi connectivity index (χ0) is 15.1. The molecule has 0 spiro atoms. The van der Waals surface area contributed by atoms with Gasteiger partial charge in [-0.15, -0.1) is 0 Å². The van der Waals surface area contributed by atoms with E-state index in [1.807, 2.05) is 0 Å². The molecule has 1 aromatic rings. The van der Waals surface area contributed by atoms with Gasteiger partial charge in [0.2, 0.25) is 5.75 Å². The summed E-state index contributed by atoms with van der Waals surface area (Å²) in [6, 6.07) is 2.26. The molecule has 0 fully saturated rings. The molecule has 110 valence electrons. The summed E-state index contributed by atoms with van der Waals surface area (Å²) in [6.45, 7) is 1.84. The maximum absolute atomic E-state index is 11.7. The fraction of sp³-hybridized carbons (Fsp3) is 0.417. The van der Waals surface area contributed by atoms with Gasteiger partial charge < -0.3 is 19.3 Å². The summed E-state index contributed by atoms with van der Waals surface area (Å²) in [5.41, 5.74) is -0.901. The van der Waals surface area contributed by atoms with Gasteiger partial charge in [0.15, 0.2) is 5.75 Å². The van der Waals surface area contributed by atoms with Crippen LogP contribution in [0, 0.1) is 10.1 Å². The first-order valence-electron chi connectivity index (χ1n) is 5.82. The first kappa shape index (κ1) is 15.7. The lowest BCUT2D eigenvalue weighted by atomic mass is 10.1. The molecule has 1 rings (SSSR count). The zero-order valence-corrected chi connectivity index (χ0v) is 11.1. The van der Waals surface area contributed by atoms with Crippen LogP contribution in [0.15, 0.2) is 12.1 Å². The van der Waals surface area contributed by atoms with E-state index >= 15 is 0 Å². The van der Waals surface area contributed by atoms with Gasteiger partial charge in [-0.05, 0) is 19.1 Å². The Labute approximate surface area is 115 Å². The zero-order valence-electron chi connectivity index (χ0n) is 11.1. The van der Waals surface area contributed by atoms with Crippen molar-refractivity contribution in [3.8, 4) is 11.5 Å². The Bertz CT molecular complexity index is 501. The largest absolute Gasteiger partial charge is 0.504 e. The first-order valence-corrected chi connectivity index (χ1v) is 5.82. The van der Waals surface area contributed by atoms with Gasteiger partial charge in [-0.3, -0.25) is 10.1 Å². The summed E-state index contributed by atoms with van der Waals surface area (Å²) in [5.74, 6) is -1.66. The number of phenolic OH excluding ortho intramolecular Hbond substituents is 1. The molecule has 0 saturated heterocycles. The lowest BCUT2D eigenvalue weighted by Crippen LogP contribution is -2.11. The molecule has 0 heterocycles. The van der Waals surface area contributed by atoms with Crippen LogP contribution in [-0.4, -0.2) is 42.9 Å². The van der Waals surface area contributed by atoms with Gasteiger partial charge in [-0.1, -0.05) is 0 Å². The van der Waals surface area contributed by atoms with Gasteiger partial charge >= 0.3 is 11.7 Å². The highest BCUT2D eigenvalue weighted by Crippen LogP contribution is 2.39. The number of hydrogen-bond acceptors (Lipinski definition) is 7. The number of nitro benzene ring substituents is 1. The summed E-state index contributed by atoms with van der Waals surface area (Å²) in [7, 11) is 1.44. The van der Waals surface area contributed by atoms with Gasteiger partial charge in [0.05, 0.1) is 18.1 Å². The predicted molar refractivity (Wildman–Crippen MR) is 68.1 cm³/mol. The Balaban J connectivity index is 3.22. The number of rotatable bonds is 7. The third-order valence-corrected chi connectivity index (χ3v) is 2.32. The van der Waals surface area contributed by atoms with Crippen molar-refractivity contribution in [1.29, 1.82) is 0 Å². The van der Waals surface area contributed by atoms with Gasteiger partial charge in [0, 0.05) is 7.11 Å². The lowest BCUT2D eigenvalue weighted by Gasteiger charge is -2.10. The summed E-state index contributed by atoms with van der Waals surface area (Å²) < 4.78 is 14.6. The number of phenols is 1. The van der Waals surface area contributed by atoms with E-state index in [0.29, 0.717) is 0 Å². The highest BCUT2D eigenvalue weighted by atomic mass is 16.6. The molecular formula is C12H15NO7. The Hall–Kier alpha value is -2.35. The number of ether oxygens (including phenoxy) is 3. The smallest absolute Gasteiger partial charge is 0.345 e. The van der Waals surface area contributed by atoms with Crippen LogP contribution < -0.4 is 4.74 Å². The highest BCUT2D eigenvalue weighted by molar-refractivity contribution is 5.95. The van der Waals surface area contributed by atoms with E-state index in [9.17, 15) is 20.0 Å². The Morgan fingerprint density at radius 2 is 2.10 bits per heavy atom. The van der Waals surface area contributed by atoms with Crippen LogP contribution in [-0.2, 0) is 9.47 Å². The monoisotopic (exact) mass is 285 g/mol. The van der Waals surface area contributed by atoms with Crippen molar-refractivity contribution in [3.05, 3.63) is 27.8 Å². The maximum Gasteiger partial charge on any atom is 0.345 e. The molecule has 0 radical (unpaired) electrons. The third-order valence-electron chi connectivity index (χ3n) is 2.32. The minimum Gasteiger partial charge on any atom is -0.504 e. The molecule has 8 heteroatoms. The van der Waals surface area contributed by atoms with Gasteiger partial charge in [-0.25, -0.2) is 4.79 Å². The summed E-state index contributed by atoms with van der Waals surface area (Å²) in [5, 5.41) is 20.8. The standard InChI is InChI=1S/C12H15NO7/c1-3-19-12(15)8-4-5-9(14)11(10(8)13(16)17)20-7-6-18-2/h4-5,14H,3,6-7H2,1-2H3. The van der Waals surface area contributed by atoms with E-state index in [4.69, 9.17) is 14.2 Å². The first-order chi connectivity index (χ1) is 9.52. The molecule has 0 aliphatic carbocycles. The van der Waals surface area contributed by atoms with Crippen molar-refractivity contribution in [2.45, 2.75) is 6.92 Å². The van der Waals surface area contributed by atoms with Gasteiger partial charge in [0.25, 0.3) is 0 Å². The number of carbonyl (C=O) groups is 1. The van der Waals surface area contributed by atoms with E-state index in [0.717, 1.165) is 12.1 Å². The number of methoxy groups -OCH3 is 1. The van der Waals surface area contributed by atoms with Crippen LogP contribution in [0.3, 0.4) is 0 Å². The lowest BCUT2D eigenvalue weighted by molar-refractivity contribution is -0.386. The summed E-state index contributed by atoms with van der Waals surface area (Å²) in [6.07, 6.45) is 0. The second-order valence-corrected chi connectivity index (χ2v) is 3.63. The topological polar surface area (TPSA) is 108 Å². The minimum absolute atomic E-state index is 0.00280. The molecule has 0 aliphatic heterocycles. The van der Waals surface area contributed by atoms with Crippen molar-refractivity contribution in [3.63, 3.8) is 0 Å². The van der Waals surface area contributed by atoms with Crippen molar-refractivity contribution in [2.75, 3.05) is 26.9 Å². The van der Waals surface area contributed by atoms with Crippen LogP contribution in [0.1, 0.15) is 17.3 Å². The van der Waals surface area contributed by atoms with E-state index in [2.05, 4.69) is 0 Å². The quantitative estimate of drug-likeness (QED) is 0.350. The second kappa shape index (κ2) is 7.29. The molecule has 0 unspecified atom stereocenters. The molecule has 20 heavy (non-hydrogen) atoms. The van der Waals surface area contributed by atoms with Crippen LogP contribution >= 0.6 is 0 Å². The van der Waals surface area contributed by atoms with Crippen molar-refractivity contribution in [1.82, 2.24) is 0 Å². The third kappa shape index (κ3) is 3.58. The van der Waals surface area contributed by atoms with E-state index in [1.165, 1.54) is 7.11 Å². The maximum atomic E-state index is 11.7. The van der Waals surface area contributed by atoms with Crippen molar-refractivity contribution >= 4 is 11.7 Å². The summed E-state index contributed by atoms with van der Waals surface area (Å²) >= 11 is 0. The van der Waals surface area contributed by atoms with Gasteiger partial charge in [-0.2, -0.15) is 0 Å². The Morgan fingerprint density at radius 1 is 1.40 bits per heavy atom. The number of nitrogens with zero attached hydrogens (tertiary/aromatic N) is 1. The molecule has 0 bridgehead atoms. The SMILES string of the molecule is CCOC(=O)c1ccc(O)c(OCCOC)c1[N+](=O)[O-]. The van der Waals surface area contributed by atoms with E-state index < -0.39 is 22.3 Å². The van der Waals surface area contributed by atoms with Crippen LogP contribution in [0.4, 0.5) is 5.69 Å². The predicted octanol–water partition coefficient (Wildman–Crippen LogP) is 1.50. The molecule has 0 amide bonds. The molecule has 0 aliphatic rings. The average molecular weight is 285 g/mol. The van der Waals surface area contributed by atoms with Crippen LogP contribution in [0.2, 0.25) is 0 Å². The van der Waals surface area contributed by atoms with E-state index in [1.54, 1.807) is 6.92 Å². The fourth-order valence-corrected chi connectivity index (χ4v) is 1.48. The molecule has 0 aromatic heterocycles. The Morgan fingerprint density at radius 3 is 2.65 bits per heavy atom. The Kier molecular flexibility index (Phi) is 5.73. The fourth-order valence-electron chi connectivity index (χ4n) is 1.48. The van der Waals surface area contributed by atoms with Crippen molar-refractivity contribution < 1.29 is 29.0 Å². The number of nitro groups is 1. The molecule has 0 atom stereocenters. The average Bonchev–Trinajstić information content (AvgIpc) is 2.40. The summed E-state index contributed by atoms with van der Waals surface area (Å²) in [4.78, 5) is 22.0. The molecule has 1 N–H and O–H groups in total. The van der Waals surface area contributed by atoms with E-state index in [-0.39, 0.29) is 31.1 Å². The highest BCUT2D eigenvalue weighted by Gasteiger charge is 2.29. The van der Waals surface area contributed by atoms with Crippen LogP contribution in [0.5, 0.6) is 11.5 Å². The van der Waals surface area contributed by atoms with Gasteiger partial charge in [0.1, 0.15) is 12.2 Å². The van der Waals surface area contributed by atoms with Crippen molar-refractivity contribution in [2.24, 2.45) is 0 Å². The number of aromatic hydroxyl groups is 1. The molecule has 8 nitrogen and oxygen atoms in total. The normalized spacial score (nSPS) is 10.1. The number of hydrogen-bond donors (Lipinski definition) is 1.